The van der Waals surface area contributed by atoms with E-state index in [2.05, 4.69) is 47.6 Å². The summed E-state index contributed by atoms with van der Waals surface area (Å²) in [6.07, 6.45) is 1.73. The first-order chi connectivity index (χ1) is 16.7. The summed E-state index contributed by atoms with van der Waals surface area (Å²) < 4.78 is 2.22. The molecule has 35 heavy (non-hydrogen) atoms. The van der Waals surface area contributed by atoms with Crippen molar-refractivity contribution in [1.29, 1.82) is 0 Å². The minimum atomic E-state index is -1.01. The van der Waals surface area contributed by atoms with Gasteiger partial charge in [0.15, 0.2) is 5.65 Å². The van der Waals surface area contributed by atoms with Crippen LogP contribution in [-0.4, -0.2) is 32.2 Å². The number of anilines is 1. The van der Waals surface area contributed by atoms with Gasteiger partial charge in [-0.05, 0) is 66.8 Å². The zero-order valence-corrected chi connectivity index (χ0v) is 21.4. The fourth-order valence-electron chi connectivity index (χ4n) is 4.98. The summed E-state index contributed by atoms with van der Waals surface area (Å²) in [6, 6.07) is 11.7. The molecule has 180 valence electrons. The molecule has 0 unspecified atom stereocenters. The summed E-state index contributed by atoms with van der Waals surface area (Å²) in [7, 11) is 0. The minimum absolute atomic E-state index is 0.182. The summed E-state index contributed by atoms with van der Waals surface area (Å²) in [5.74, 6) is 0.0239. The van der Waals surface area contributed by atoms with Gasteiger partial charge in [-0.25, -0.2) is 14.8 Å². The number of aromatic nitrogens is 3. The first kappa shape index (κ1) is 23.6. The molecule has 8 heteroatoms. The van der Waals surface area contributed by atoms with Gasteiger partial charge in [-0.3, -0.25) is 0 Å². The molecule has 0 aliphatic carbocycles. The third kappa shape index (κ3) is 4.37. The van der Waals surface area contributed by atoms with Crippen LogP contribution in [0.15, 0.2) is 36.4 Å². The van der Waals surface area contributed by atoms with E-state index in [4.69, 9.17) is 33.2 Å². The first-order valence-corrected chi connectivity index (χ1v) is 12.4. The molecule has 1 aliphatic rings. The summed E-state index contributed by atoms with van der Waals surface area (Å²) in [5, 5.41) is 10.2. The summed E-state index contributed by atoms with van der Waals surface area (Å²) in [6.45, 7) is 8.20. The van der Waals surface area contributed by atoms with Gasteiger partial charge in [-0.2, -0.15) is 0 Å². The second kappa shape index (κ2) is 9.17. The molecule has 4 aromatic rings. The zero-order chi connectivity index (χ0) is 24.9. The third-order valence-electron chi connectivity index (χ3n) is 6.63. The first-order valence-electron chi connectivity index (χ1n) is 11.7. The molecule has 5 rings (SSSR count). The lowest BCUT2D eigenvalue weighted by molar-refractivity contribution is 0.0695. The Hall–Kier alpha value is -3.09. The van der Waals surface area contributed by atoms with E-state index in [1.165, 1.54) is 17.2 Å². The largest absolute Gasteiger partial charge is 0.478 e. The number of hydrogen-bond donors (Lipinski definition) is 1. The highest BCUT2D eigenvalue weighted by atomic mass is 35.5. The molecule has 0 bridgehead atoms. The quantitative estimate of drug-likeness (QED) is 0.334. The van der Waals surface area contributed by atoms with Crippen LogP contribution in [0.1, 0.15) is 51.1 Å². The minimum Gasteiger partial charge on any atom is -0.478 e. The maximum Gasteiger partial charge on any atom is 0.336 e. The lowest BCUT2D eigenvalue weighted by Crippen LogP contribution is -2.21. The molecular formula is C27H26Cl2N4O2. The number of benzene rings is 2. The smallest absolute Gasteiger partial charge is 0.336 e. The van der Waals surface area contributed by atoms with Crippen LogP contribution in [-0.2, 0) is 25.9 Å². The lowest BCUT2D eigenvalue weighted by Gasteiger charge is -2.21. The molecule has 0 fully saturated rings. The molecule has 0 radical (unpaired) electrons. The standard InChI is InChI=1S/C27H26Cl2N4O2/c1-4-24-31-25-15(2)9-16(3)30-26(25)33(24)13-17-5-6-23-18(10-17)7-8-32(23)14-19-11-21(28)22(29)12-20(19)27(34)35/h5-6,9-12H,4,7-8,13-14H2,1-3H3,(H,34,35). The van der Waals surface area contributed by atoms with Crippen LogP contribution in [0.25, 0.3) is 11.2 Å². The SMILES string of the molecule is CCc1nc2c(C)cc(C)nc2n1Cc1ccc2c(c1)CCN2Cc1cc(Cl)c(Cl)cc1C(=O)O. The van der Waals surface area contributed by atoms with Gasteiger partial charge in [0, 0.05) is 30.9 Å². The van der Waals surface area contributed by atoms with Crippen LogP contribution in [0.3, 0.4) is 0 Å². The molecular weight excluding hydrogens is 483 g/mol. The van der Waals surface area contributed by atoms with E-state index in [9.17, 15) is 9.90 Å². The Morgan fingerprint density at radius 1 is 1.06 bits per heavy atom. The second-order valence-corrected chi connectivity index (χ2v) is 9.90. The summed E-state index contributed by atoms with van der Waals surface area (Å²) >= 11 is 12.3. The van der Waals surface area contributed by atoms with E-state index in [1.807, 2.05) is 6.92 Å². The van der Waals surface area contributed by atoms with E-state index in [1.54, 1.807) is 6.07 Å². The number of hydrogen-bond acceptors (Lipinski definition) is 4. The highest BCUT2D eigenvalue weighted by molar-refractivity contribution is 6.42. The number of carbonyl (C=O) groups is 1. The number of carboxylic acid groups (broad SMARTS) is 1. The van der Waals surface area contributed by atoms with Crippen molar-refractivity contribution in [2.24, 2.45) is 0 Å². The Balaban J connectivity index is 1.44. The Morgan fingerprint density at radius 2 is 1.83 bits per heavy atom. The van der Waals surface area contributed by atoms with Crippen LogP contribution in [0.2, 0.25) is 10.0 Å². The molecule has 1 aliphatic heterocycles. The molecule has 2 aromatic carbocycles. The maximum absolute atomic E-state index is 11.8. The number of fused-ring (bicyclic) bond motifs is 2. The molecule has 0 saturated heterocycles. The third-order valence-corrected chi connectivity index (χ3v) is 7.35. The fourth-order valence-corrected chi connectivity index (χ4v) is 5.33. The number of nitrogens with zero attached hydrogens (tertiary/aromatic N) is 4. The molecule has 0 amide bonds. The number of pyridine rings is 1. The number of carboxylic acids is 1. The average molecular weight is 509 g/mol. The van der Waals surface area contributed by atoms with Crippen LogP contribution < -0.4 is 4.90 Å². The number of imidazole rings is 1. The predicted molar refractivity (Wildman–Crippen MR) is 140 cm³/mol. The van der Waals surface area contributed by atoms with Gasteiger partial charge in [0.1, 0.15) is 11.3 Å². The van der Waals surface area contributed by atoms with Crippen molar-refractivity contribution < 1.29 is 9.90 Å². The highest BCUT2D eigenvalue weighted by Crippen LogP contribution is 2.33. The molecule has 1 N–H and O–H groups in total. The van der Waals surface area contributed by atoms with Crippen molar-refractivity contribution in [2.45, 2.75) is 46.7 Å². The molecule has 3 heterocycles. The molecule has 2 aromatic heterocycles. The van der Waals surface area contributed by atoms with E-state index in [0.717, 1.165) is 53.3 Å². The normalized spacial score (nSPS) is 13.0. The predicted octanol–water partition coefficient (Wildman–Crippen LogP) is 6.23. The molecule has 0 atom stereocenters. The van der Waals surface area contributed by atoms with Crippen LogP contribution in [0, 0.1) is 13.8 Å². The van der Waals surface area contributed by atoms with Crippen molar-refractivity contribution in [2.75, 3.05) is 11.4 Å². The Bertz CT molecular complexity index is 1480. The van der Waals surface area contributed by atoms with Crippen LogP contribution >= 0.6 is 23.2 Å². The molecule has 0 saturated carbocycles. The van der Waals surface area contributed by atoms with Gasteiger partial charge in [0.25, 0.3) is 0 Å². The lowest BCUT2D eigenvalue weighted by atomic mass is 10.1. The highest BCUT2D eigenvalue weighted by Gasteiger charge is 2.23. The van der Waals surface area contributed by atoms with Gasteiger partial charge in [-0.1, -0.05) is 42.3 Å². The van der Waals surface area contributed by atoms with Crippen molar-refractivity contribution >= 4 is 46.0 Å². The topological polar surface area (TPSA) is 71.2 Å². The van der Waals surface area contributed by atoms with Crippen LogP contribution in [0.4, 0.5) is 5.69 Å². The number of aromatic carboxylic acids is 1. The van der Waals surface area contributed by atoms with Gasteiger partial charge < -0.3 is 14.6 Å². The zero-order valence-electron chi connectivity index (χ0n) is 19.9. The van der Waals surface area contributed by atoms with Crippen molar-refractivity contribution in [1.82, 2.24) is 14.5 Å². The van der Waals surface area contributed by atoms with E-state index >= 15 is 0 Å². The van der Waals surface area contributed by atoms with Crippen molar-refractivity contribution in [3.63, 3.8) is 0 Å². The van der Waals surface area contributed by atoms with E-state index in [-0.39, 0.29) is 10.6 Å². The van der Waals surface area contributed by atoms with Crippen LogP contribution in [0.5, 0.6) is 0 Å². The summed E-state index contributed by atoms with van der Waals surface area (Å²) in [5.41, 5.74) is 8.44. The van der Waals surface area contributed by atoms with Gasteiger partial charge >= 0.3 is 5.97 Å². The summed E-state index contributed by atoms with van der Waals surface area (Å²) in [4.78, 5) is 23.6. The van der Waals surface area contributed by atoms with Crippen molar-refractivity contribution in [3.8, 4) is 0 Å². The number of rotatable bonds is 6. The Kier molecular flexibility index (Phi) is 6.20. The number of halogens is 2. The van der Waals surface area contributed by atoms with Gasteiger partial charge in [0.05, 0.1) is 22.2 Å². The van der Waals surface area contributed by atoms with Crippen molar-refractivity contribution in [3.05, 3.63) is 85.8 Å². The second-order valence-electron chi connectivity index (χ2n) is 9.08. The van der Waals surface area contributed by atoms with E-state index < -0.39 is 5.97 Å². The van der Waals surface area contributed by atoms with Gasteiger partial charge in [0.2, 0.25) is 0 Å². The fraction of sp³-hybridized carbons (Fsp3) is 0.296. The van der Waals surface area contributed by atoms with Gasteiger partial charge in [-0.15, -0.1) is 0 Å². The number of aryl methyl sites for hydroxylation is 3. The molecule has 6 nitrogen and oxygen atoms in total. The van der Waals surface area contributed by atoms with E-state index in [0.29, 0.717) is 23.7 Å². The average Bonchev–Trinajstić information content (AvgIpc) is 3.37. The maximum atomic E-state index is 11.8. The monoisotopic (exact) mass is 508 g/mol. The Labute approximate surface area is 214 Å². The molecule has 0 spiro atoms. The Morgan fingerprint density at radius 3 is 2.57 bits per heavy atom.